The van der Waals surface area contributed by atoms with Crippen LogP contribution in [0.4, 0.5) is 0 Å². The van der Waals surface area contributed by atoms with E-state index in [1.807, 2.05) is 47.4 Å². The summed E-state index contributed by atoms with van der Waals surface area (Å²) in [6.07, 6.45) is 0. The van der Waals surface area contributed by atoms with Crippen LogP contribution in [0.3, 0.4) is 0 Å². The van der Waals surface area contributed by atoms with Crippen molar-refractivity contribution in [1.29, 1.82) is 0 Å². The van der Waals surface area contributed by atoms with Gasteiger partial charge in [0.15, 0.2) is 0 Å². The number of nitrogens with zero attached hydrogens (tertiary/aromatic N) is 3. The number of carbonyl (C=O) groups is 1. The van der Waals surface area contributed by atoms with Gasteiger partial charge in [0, 0.05) is 51.0 Å². The summed E-state index contributed by atoms with van der Waals surface area (Å²) in [5.41, 5.74) is 2.81. The number of piperazine rings is 1. The van der Waals surface area contributed by atoms with Crippen LogP contribution in [0, 0.1) is 0 Å². The van der Waals surface area contributed by atoms with Gasteiger partial charge in [-0.1, -0.05) is 24.3 Å². The topological polar surface area (TPSA) is 45.7 Å². The highest BCUT2D eigenvalue weighted by molar-refractivity contribution is 7.21. The number of rotatable bonds is 5. The molecule has 1 saturated heterocycles. The first-order valence-electron chi connectivity index (χ1n) is 9.21. The fourth-order valence-electron chi connectivity index (χ4n) is 3.33. The number of methoxy groups -OCH3 is 1. The van der Waals surface area contributed by atoms with Crippen LogP contribution in [-0.2, 0) is 4.74 Å². The molecule has 5 nitrogen and oxygen atoms in total. The van der Waals surface area contributed by atoms with E-state index in [1.54, 1.807) is 18.4 Å². The van der Waals surface area contributed by atoms with Gasteiger partial charge in [-0.2, -0.15) is 0 Å². The maximum absolute atomic E-state index is 12.8. The Morgan fingerprint density at radius 3 is 2.52 bits per heavy atom. The number of hydrogen-bond donors (Lipinski definition) is 0. The third-order valence-corrected chi connectivity index (χ3v) is 6.03. The van der Waals surface area contributed by atoms with Crippen LogP contribution in [0.15, 0.2) is 48.5 Å². The first-order valence-corrected chi connectivity index (χ1v) is 10.0. The largest absolute Gasteiger partial charge is 0.383 e. The smallest absolute Gasteiger partial charge is 0.253 e. The maximum Gasteiger partial charge on any atom is 0.253 e. The average Bonchev–Trinajstić information content (AvgIpc) is 3.16. The van der Waals surface area contributed by atoms with Gasteiger partial charge in [-0.3, -0.25) is 9.69 Å². The fourth-order valence-corrected chi connectivity index (χ4v) is 4.30. The second-order valence-electron chi connectivity index (χ2n) is 6.69. The van der Waals surface area contributed by atoms with E-state index in [0.717, 1.165) is 61.0 Å². The minimum atomic E-state index is 0.109. The Balaban J connectivity index is 1.42. The lowest BCUT2D eigenvalue weighted by molar-refractivity contribution is 0.0594. The highest BCUT2D eigenvalue weighted by Gasteiger charge is 2.22. The molecule has 0 spiro atoms. The zero-order valence-electron chi connectivity index (χ0n) is 15.4. The van der Waals surface area contributed by atoms with E-state index in [-0.39, 0.29) is 5.91 Å². The molecular formula is C21H23N3O2S. The molecule has 0 aliphatic carbocycles. The van der Waals surface area contributed by atoms with Gasteiger partial charge in [0.05, 0.1) is 16.8 Å². The van der Waals surface area contributed by atoms with Gasteiger partial charge in [0.2, 0.25) is 0 Å². The molecule has 1 aliphatic rings. The lowest BCUT2D eigenvalue weighted by Crippen LogP contribution is -2.49. The Labute approximate surface area is 163 Å². The van der Waals surface area contributed by atoms with Gasteiger partial charge < -0.3 is 9.64 Å². The molecule has 0 atom stereocenters. The highest BCUT2D eigenvalue weighted by atomic mass is 32.1. The van der Waals surface area contributed by atoms with Crippen molar-refractivity contribution in [1.82, 2.24) is 14.8 Å². The number of hydrogen-bond acceptors (Lipinski definition) is 5. The second-order valence-corrected chi connectivity index (χ2v) is 7.72. The van der Waals surface area contributed by atoms with Gasteiger partial charge in [-0.25, -0.2) is 4.98 Å². The molecule has 27 heavy (non-hydrogen) atoms. The summed E-state index contributed by atoms with van der Waals surface area (Å²) in [5.74, 6) is 0.109. The Morgan fingerprint density at radius 2 is 1.81 bits per heavy atom. The van der Waals surface area contributed by atoms with E-state index in [9.17, 15) is 4.79 Å². The molecule has 4 rings (SSSR count). The lowest BCUT2D eigenvalue weighted by Gasteiger charge is -2.34. The molecule has 1 aromatic heterocycles. The van der Waals surface area contributed by atoms with E-state index < -0.39 is 0 Å². The van der Waals surface area contributed by atoms with Crippen LogP contribution in [0.5, 0.6) is 0 Å². The maximum atomic E-state index is 12.8. The molecule has 1 fully saturated rings. The van der Waals surface area contributed by atoms with Crippen molar-refractivity contribution in [2.24, 2.45) is 0 Å². The third-order valence-electron chi connectivity index (χ3n) is 4.94. The van der Waals surface area contributed by atoms with E-state index in [0.29, 0.717) is 0 Å². The molecule has 6 heteroatoms. The van der Waals surface area contributed by atoms with Gasteiger partial charge >= 0.3 is 0 Å². The van der Waals surface area contributed by atoms with Crippen molar-refractivity contribution in [3.63, 3.8) is 0 Å². The van der Waals surface area contributed by atoms with Crippen molar-refractivity contribution >= 4 is 27.5 Å². The molecule has 0 radical (unpaired) electrons. The second kappa shape index (κ2) is 8.17. The van der Waals surface area contributed by atoms with Crippen molar-refractivity contribution < 1.29 is 9.53 Å². The first-order chi connectivity index (χ1) is 13.2. The molecule has 0 bridgehead atoms. The van der Waals surface area contributed by atoms with E-state index in [2.05, 4.69) is 16.0 Å². The minimum Gasteiger partial charge on any atom is -0.383 e. The summed E-state index contributed by atoms with van der Waals surface area (Å²) in [6.45, 7) is 5.00. The predicted octanol–water partition coefficient (Wildman–Crippen LogP) is 3.37. The number of benzene rings is 2. The number of para-hydroxylation sites is 1. The number of ether oxygens (including phenoxy) is 1. The molecule has 2 aromatic carbocycles. The summed E-state index contributed by atoms with van der Waals surface area (Å²) in [5, 5.41) is 0.988. The zero-order valence-corrected chi connectivity index (χ0v) is 16.2. The van der Waals surface area contributed by atoms with Crippen molar-refractivity contribution in [3.8, 4) is 10.6 Å². The molecule has 3 aromatic rings. The van der Waals surface area contributed by atoms with Gasteiger partial charge in [0.25, 0.3) is 5.91 Å². The molecule has 1 amide bonds. The zero-order chi connectivity index (χ0) is 18.6. The number of thiazole rings is 1. The standard InChI is InChI=1S/C21H23N3O2S/c1-26-15-14-23-10-12-24(13-11-23)21(25)17-8-6-16(7-9-17)20-22-18-4-2-3-5-19(18)27-20/h2-9H,10-15H2,1H3. The van der Waals surface area contributed by atoms with Crippen LogP contribution >= 0.6 is 11.3 Å². The van der Waals surface area contributed by atoms with Crippen molar-refractivity contribution in [2.45, 2.75) is 0 Å². The molecule has 2 heterocycles. The van der Waals surface area contributed by atoms with Crippen LogP contribution in [0.1, 0.15) is 10.4 Å². The van der Waals surface area contributed by atoms with Crippen LogP contribution < -0.4 is 0 Å². The summed E-state index contributed by atoms with van der Waals surface area (Å²) in [4.78, 5) is 21.7. The van der Waals surface area contributed by atoms with Crippen LogP contribution in [-0.4, -0.2) is 67.1 Å². The Morgan fingerprint density at radius 1 is 1.07 bits per heavy atom. The van der Waals surface area contributed by atoms with E-state index in [4.69, 9.17) is 4.74 Å². The monoisotopic (exact) mass is 381 g/mol. The van der Waals surface area contributed by atoms with Gasteiger partial charge in [-0.15, -0.1) is 11.3 Å². The summed E-state index contributed by atoms with van der Waals surface area (Å²) >= 11 is 1.68. The van der Waals surface area contributed by atoms with Gasteiger partial charge in [-0.05, 0) is 24.3 Å². The highest BCUT2D eigenvalue weighted by Crippen LogP contribution is 2.30. The third kappa shape index (κ3) is 4.03. The number of carbonyl (C=O) groups excluding carboxylic acids is 1. The number of fused-ring (bicyclic) bond motifs is 1. The van der Waals surface area contributed by atoms with Crippen LogP contribution in [0.25, 0.3) is 20.8 Å². The fraction of sp³-hybridized carbons (Fsp3) is 0.333. The van der Waals surface area contributed by atoms with Crippen molar-refractivity contribution in [3.05, 3.63) is 54.1 Å². The van der Waals surface area contributed by atoms with Gasteiger partial charge in [0.1, 0.15) is 5.01 Å². The lowest BCUT2D eigenvalue weighted by atomic mass is 10.1. The molecule has 1 aliphatic heterocycles. The van der Waals surface area contributed by atoms with Crippen LogP contribution in [0.2, 0.25) is 0 Å². The molecular weight excluding hydrogens is 358 g/mol. The van der Waals surface area contributed by atoms with Crippen molar-refractivity contribution in [2.75, 3.05) is 46.4 Å². The average molecular weight is 382 g/mol. The Bertz CT molecular complexity index is 882. The SMILES string of the molecule is COCCN1CCN(C(=O)c2ccc(-c3nc4ccccc4s3)cc2)CC1. The summed E-state index contributed by atoms with van der Waals surface area (Å²) in [7, 11) is 1.72. The quantitative estimate of drug-likeness (QED) is 0.680. The minimum absolute atomic E-state index is 0.109. The number of aromatic nitrogens is 1. The normalized spacial score (nSPS) is 15.4. The molecule has 140 valence electrons. The Kier molecular flexibility index (Phi) is 5.48. The van der Waals surface area contributed by atoms with E-state index in [1.165, 1.54) is 4.70 Å². The number of amides is 1. The Hall–Kier alpha value is -2.28. The molecule has 0 N–H and O–H groups in total. The molecule has 0 unspecified atom stereocenters. The van der Waals surface area contributed by atoms with E-state index >= 15 is 0 Å². The molecule has 0 saturated carbocycles. The first kappa shape index (κ1) is 18.1. The summed E-state index contributed by atoms with van der Waals surface area (Å²) < 4.78 is 6.31. The predicted molar refractivity (Wildman–Crippen MR) is 109 cm³/mol. The summed E-state index contributed by atoms with van der Waals surface area (Å²) in [6, 6.07) is 16.0.